The third-order valence-corrected chi connectivity index (χ3v) is 9.47. The number of aliphatic hydroxyl groups excluding tert-OH is 1. The highest BCUT2D eigenvalue weighted by Gasteiger charge is 2.41. The highest BCUT2D eigenvalue weighted by Crippen LogP contribution is 2.37. The lowest BCUT2D eigenvalue weighted by atomic mass is 9.77. The topological polar surface area (TPSA) is 86.3 Å². The highest BCUT2D eigenvalue weighted by molar-refractivity contribution is 5.49. The molecule has 0 aliphatic heterocycles. The quantitative estimate of drug-likeness (QED) is 0.0579. The third kappa shape index (κ3) is 10.2. The third-order valence-electron chi connectivity index (χ3n) is 9.47. The van der Waals surface area contributed by atoms with Gasteiger partial charge in [-0.1, -0.05) is 182 Å². The normalized spacial score (nSPS) is 13.7. The van der Waals surface area contributed by atoms with Crippen LogP contribution in [0.5, 0.6) is 0 Å². The molecule has 0 amide bonds. The van der Waals surface area contributed by atoms with Gasteiger partial charge in [-0.05, 0) is 33.4 Å². The van der Waals surface area contributed by atoms with Crippen LogP contribution in [0.2, 0.25) is 0 Å². The SMILES string of the molecule is O=COC[C@@H](O)[C@@H](OCc1ccccc1)[C@H](OCc1ccccc1)[C@H](CNC(c1ccccc1)(c1ccccc1)c1ccccc1)OCc1ccccc1. The fourth-order valence-electron chi connectivity index (χ4n) is 6.78. The summed E-state index contributed by atoms with van der Waals surface area (Å²) in [5, 5.41) is 15.7. The van der Waals surface area contributed by atoms with Gasteiger partial charge in [0, 0.05) is 6.54 Å². The van der Waals surface area contributed by atoms with Crippen molar-refractivity contribution in [3.8, 4) is 0 Å². The van der Waals surface area contributed by atoms with Crippen LogP contribution in [0.1, 0.15) is 33.4 Å². The van der Waals surface area contributed by atoms with E-state index >= 15 is 0 Å². The molecule has 4 atom stereocenters. The summed E-state index contributed by atoms with van der Waals surface area (Å²) in [5.41, 5.74) is 5.18. The van der Waals surface area contributed by atoms with Gasteiger partial charge >= 0.3 is 0 Å². The van der Waals surface area contributed by atoms with E-state index in [1.54, 1.807) is 0 Å². The number of benzene rings is 6. The fraction of sp³-hybridized carbons (Fsp3) is 0.213. The monoisotopic (exact) mass is 721 g/mol. The molecule has 0 unspecified atom stereocenters. The van der Waals surface area contributed by atoms with Gasteiger partial charge in [0.2, 0.25) is 0 Å². The van der Waals surface area contributed by atoms with E-state index in [0.29, 0.717) is 6.47 Å². The molecule has 0 aliphatic rings. The minimum atomic E-state index is -1.23. The molecule has 0 aromatic heterocycles. The van der Waals surface area contributed by atoms with Crippen LogP contribution >= 0.6 is 0 Å². The number of carbonyl (C=O) groups excluding carboxylic acids is 1. The van der Waals surface area contributed by atoms with Gasteiger partial charge in [-0.2, -0.15) is 0 Å². The molecule has 7 nitrogen and oxygen atoms in total. The molecule has 54 heavy (non-hydrogen) atoms. The van der Waals surface area contributed by atoms with Gasteiger partial charge in [0.25, 0.3) is 6.47 Å². The zero-order chi connectivity index (χ0) is 37.3. The van der Waals surface area contributed by atoms with Crippen LogP contribution in [0.3, 0.4) is 0 Å². The number of carbonyl (C=O) groups is 1. The first kappa shape index (κ1) is 38.3. The van der Waals surface area contributed by atoms with Crippen LogP contribution in [0.4, 0.5) is 0 Å². The molecule has 2 N–H and O–H groups in total. The molecule has 0 bridgehead atoms. The molecule has 0 radical (unpaired) electrons. The Balaban J connectivity index is 1.44. The van der Waals surface area contributed by atoms with Gasteiger partial charge in [0.1, 0.15) is 24.9 Å². The summed E-state index contributed by atoms with van der Waals surface area (Å²) in [6, 6.07) is 60.7. The number of hydrogen-bond donors (Lipinski definition) is 2. The van der Waals surface area contributed by atoms with Crippen LogP contribution in [-0.4, -0.2) is 49.1 Å². The van der Waals surface area contributed by atoms with Crippen molar-refractivity contribution < 1.29 is 28.8 Å². The van der Waals surface area contributed by atoms with Crippen molar-refractivity contribution in [2.45, 2.75) is 49.8 Å². The van der Waals surface area contributed by atoms with Gasteiger partial charge in [0.15, 0.2) is 0 Å². The van der Waals surface area contributed by atoms with Crippen molar-refractivity contribution in [2.75, 3.05) is 13.2 Å². The van der Waals surface area contributed by atoms with E-state index in [-0.39, 0.29) is 33.0 Å². The van der Waals surface area contributed by atoms with Crippen molar-refractivity contribution in [3.63, 3.8) is 0 Å². The Kier molecular flexibility index (Phi) is 14.3. The van der Waals surface area contributed by atoms with E-state index in [9.17, 15) is 9.90 Å². The van der Waals surface area contributed by atoms with Gasteiger partial charge in [-0.3, -0.25) is 10.1 Å². The number of nitrogens with one attached hydrogen (secondary N) is 1. The second-order valence-corrected chi connectivity index (χ2v) is 13.1. The Morgan fingerprint density at radius 1 is 0.500 bits per heavy atom. The van der Waals surface area contributed by atoms with E-state index in [1.165, 1.54) is 0 Å². The van der Waals surface area contributed by atoms with Crippen LogP contribution in [-0.2, 0) is 49.1 Å². The lowest BCUT2D eigenvalue weighted by molar-refractivity contribution is -0.186. The lowest BCUT2D eigenvalue weighted by Crippen LogP contribution is -2.55. The Morgan fingerprint density at radius 2 is 0.852 bits per heavy atom. The first-order chi connectivity index (χ1) is 26.7. The molecule has 6 aromatic carbocycles. The summed E-state index contributed by atoms with van der Waals surface area (Å²) in [6.45, 7) is 1.02. The molecule has 0 saturated carbocycles. The molecule has 0 heterocycles. The maximum absolute atomic E-state index is 11.7. The minimum Gasteiger partial charge on any atom is -0.465 e. The predicted octanol–water partition coefficient (Wildman–Crippen LogP) is 7.86. The zero-order valence-electron chi connectivity index (χ0n) is 30.2. The van der Waals surface area contributed by atoms with Crippen molar-refractivity contribution in [1.29, 1.82) is 0 Å². The molecular formula is C47H47NO6. The molecule has 0 spiro atoms. The minimum absolute atomic E-state index is 0.190. The molecular weight excluding hydrogens is 675 g/mol. The average molecular weight is 722 g/mol. The number of rotatable bonds is 21. The summed E-state index contributed by atoms with van der Waals surface area (Å²) < 4.78 is 25.4. The molecule has 0 aliphatic carbocycles. The molecule has 7 heteroatoms. The smallest absolute Gasteiger partial charge is 0.293 e. The van der Waals surface area contributed by atoms with Crippen molar-refractivity contribution in [2.24, 2.45) is 0 Å². The first-order valence-corrected chi connectivity index (χ1v) is 18.3. The van der Waals surface area contributed by atoms with Gasteiger partial charge < -0.3 is 24.1 Å². The average Bonchev–Trinajstić information content (AvgIpc) is 3.25. The standard InChI is InChI=1S/C47H47NO6/c49-36-51-35-43(50)45(53-33-38-21-9-2-10-22-38)46(54-34-39-23-11-3-12-24-39)44(52-32-37-19-7-1-8-20-37)31-48-47(40-25-13-4-14-26-40,41-27-15-5-16-28-41)42-29-17-6-18-30-42/h1-30,36,43-46,48,50H,31-35H2/t43-,44+,45-,46-/m1/s1. The summed E-state index contributed by atoms with van der Waals surface area (Å²) in [5.74, 6) is 0. The Labute approximate surface area is 318 Å². The summed E-state index contributed by atoms with van der Waals surface area (Å²) in [6.07, 6.45) is -3.72. The molecule has 276 valence electrons. The number of aliphatic hydroxyl groups is 1. The molecule has 0 saturated heterocycles. The summed E-state index contributed by atoms with van der Waals surface area (Å²) in [7, 11) is 0. The molecule has 0 fully saturated rings. The van der Waals surface area contributed by atoms with Gasteiger partial charge in [-0.15, -0.1) is 0 Å². The van der Waals surface area contributed by atoms with Crippen LogP contribution in [0.15, 0.2) is 182 Å². The van der Waals surface area contributed by atoms with Crippen LogP contribution in [0.25, 0.3) is 0 Å². The number of ether oxygens (including phenoxy) is 4. The van der Waals surface area contributed by atoms with Crippen LogP contribution < -0.4 is 5.32 Å². The molecule has 6 rings (SSSR count). The maximum Gasteiger partial charge on any atom is 0.293 e. The summed E-state index contributed by atoms with van der Waals surface area (Å²) >= 11 is 0. The predicted molar refractivity (Wildman–Crippen MR) is 210 cm³/mol. The summed E-state index contributed by atoms with van der Waals surface area (Å²) in [4.78, 5) is 11.4. The largest absolute Gasteiger partial charge is 0.465 e. The van der Waals surface area contributed by atoms with E-state index < -0.39 is 30.0 Å². The maximum atomic E-state index is 11.7. The van der Waals surface area contributed by atoms with Crippen molar-refractivity contribution >= 4 is 6.47 Å². The Bertz CT molecular complexity index is 1820. The van der Waals surface area contributed by atoms with Crippen molar-refractivity contribution in [3.05, 3.63) is 215 Å². The Hall–Kier alpha value is -5.41. The Morgan fingerprint density at radius 3 is 1.24 bits per heavy atom. The van der Waals surface area contributed by atoms with E-state index in [4.69, 9.17) is 18.9 Å². The van der Waals surface area contributed by atoms with Gasteiger partial charge in [0.05, 0.1) is 31.5 Å². The highest BCUT2D eigenvalue weighted by atomic mass is 16.6. The van der Waals surface area contributed by atoms with E-state index in [0.717, 1.165) is 33.4 Å². The second kappa shape index (κ2) is 20.2. The fourth-order valence-corrected chi connectivity index (χ4v) is 6.78. The van der Waals surface area contributed by atoms with E-state index in [2.05, 4.69) is 41.7 Å². The number of hydrogen-bond acceptors (Lipinski definition) is 7. The van der Waals surface area contributed by atoms with E-state index in [1.807, 2.05) is 146 Å². The lowest BCUT2D eigenvalue weighted by Gasteiger charge is -2.41. The second-order valence-electron chi connectivity index (χ2n) is 13.1. The molecule has 6 aromatic rings. The van der Waals surface area contributed by atoms with Crippen molar-refractivity contribution in [1.82, 2.24) is 5.32 Å². The van der Waals surface area contributed by atoms with Crippen LogP contribution in [0, 0.1) is 0 Å². The first-order valence-electron chi connectivity index (χ1n) is 18.3. The zero-order valence-corrected chi connectivity index (χ0v) is 30.2. The van der Waals surface area contributed by atoms with Gasteiger partial charge in [-0.25, -0.2) is 0 Å².